The van der Waals surface area contributed by atoms with Crippen LogP contribution in [0, 0.1) is 36.8 Å². The van der Waals surface area contributed by atoms with Crippen molar-refractivity contribution in [2.45, 2.75) is 19.0 Å². The summed E-state index contributed by atoms with van der Waals surface area (Å²) in [7, 11) is 0. The second-order valence-electron chi connectivity index (χ2n) is 7.14. The van der Waals surface area contributed by atoms with Crippen LogP contribution in [0.4, 0.5) is 14.6 Å². The van der Waals surface area contributed by atoms with E-state index in [0.717, 1.165) is 11.8 Å². The van der Waals surface area contributed by atoms with Gasteiger partial charge in [-0.3, -0.25) is 14.5 Å². The van der Waals surface area contributed by atoms with Crippen molar-refractivity contribution < 1.29 is 13.6 Å². The van der Waals surface area contributed by atoms with Crippen molar-refractivity contribution in [3.8, 4) is 23.1 Å². The van der Waals surface area contributed by atoms with Crippen molar-refractivity contribution in [2.75, 3.05) is 11.1 Å². The monoisotopic (exact) mass is 464 g/mol. The molecular formula is C23H18F2N6OS. The first-order chi connectivity index (χ1) is 15.9. The highest BCUT2D eigenvalue weighted by Gasteiger charge is 2.21. The van der Waals surface area contributed by atoms with E-state index in [1.54, 1.807) is 48.7 Å². The maximum atomic E-state index is 13.9. The highest BCUT2D eigenvalue weighted by molar-refractivity contribution is 7.99. The Morgan fingerprint density at radius 2 is 2.00 bits per heavy atom. The molecule has 2 heterocycles. The van der Waals surface area contributed by atoms with Crippen LogP contribution in [0.1, 0.15) is 16.8 Å². The number of amides is 1. The summed E-state index contributed by atoms with van der Waals surface area (Å²) in [6, 6.07) is 14.2. The van der Waals surface area contributed by atoms with E-state index in [9.17, 15) is 18.8 Å². The molecule has 0 aliphatic rings. The van der Waals surface area contributed by atoms with Crippen LogP contribution in [0.15, 0.2) is 53.7 Å². The van der Waals surface area contributed by atoms with Gasteiger partial charge >= 0.3 is 0 Å². The van der Waals surface area contributed by atoms with Gasteiger partial charge in [0.05, 0.1) is 22.6 Å². The third-order valence-electron chi connectivity index (χ3n) is 5.08. The number of nitrogens with zero attached hydrogens (tertiary/aromatic N) is 4. The number of anilines is 1. The maximum absolute atomic E-state index is 13.9. The Hall–Kier alpha value is -3.97. The van der Waals surface area contributed by atoms with E-state index in [1.165, 1.54) is 18.2 Å². The quantitative estimate of drug-likeness (QED) is 0.401. The van der Waals surface area contributed by atoms with E-state index >= 15 is 0 Å². The van der Waals surface area contributed by atoms with Gasteiger partial charge in [0.2, 0.25) is 11.1 Å². The Morgan fingerprint density at radius 3 is 2.73 bits per heavy atom. The zero-order valence-corrected chi connectivity index (χ0v) is 18.5. The summed E-state index contributed by atoms with van der Waals surface area (Å²) >= 11 is 1.06. The number of nitrogens with one attached hydrogen (secondary N) is 2. The number of halogens is 2. The van der Waals surface area contributed by atoms with Crippen LogP contribution < -0.4 is 5.32 Å². The van der Waals surface area contributed by atoms with Crippen LogP contribution in [-0.4, -0.2) is 31.4 Å². The fourth-order valence-electron chi connectivity index (χ4n) is 3.38. The van der Waals surface area contributed by atoms with Crippen molar-refractivity contribution in [3.63, 3.8) is 0 Å². The van der Waals surface area contributed by atoms with Gasteiger partial charge in [0.15, 0.2) is 5.82 Å². The molecule has 2 aromatic carbocycles. The fourth-order valence-corrected chi connectivity index (χ4v) is 3.98. The van der Waals surface area contributed by atoms with Crippen LogP contribution in [0.3, 0.4) is 0 Å². The lowest BCUT2D eigenvalue weighted by Crippen LogP contribution is -2.18. The first kappa shape index (κ1) is 22.2. The molecular weight excluding hydrogens is 446 g/mol. The largest absolute Gasteiger partial charge is 0.310 e. The van der Waals surface area contributed by atoms with Crippen molar-refractivity contribution in [1.82, 2.24) is 19.7 Å². The average Bonchev–Trinajstić information content (AvgIpc) is 3.35. The topological polar surface area (TPSA) is 99.4 Å². The lowest BCUT2D eigenvalue weighted by Gasteiger charge is -2.13. The number of carbonyl (C=O) groups excluding carboxylic acids is 1. The number of hydrogen-bond donors (Lipinski definition) is 2. The number of rotatable bonds is 6. The predicted molar refractivity (Wildman–Crippen MR) is 121 cm³/mol. The smallest absolute Gasteiger partial charge is 0.236 e. The second kappa shape index (κ2) is 9.26. The third kappa shape index (κ3) is 4.49. The molecule has 0 bridgehead atoms. The lowest BCUT2D eigenvalue weighted by molar-refractivity contribution is -0.113. The summed E-state index contributed by atoms with van der Waals surface area (Å²) in [5.74, 6) is -0.786. The molecule has 33 heavy (non-hydrogen) atoms. The summed E-state index contributed by atoms with van der Waals surface area (Å²) in [6.07, 6.45) is 0. The van der Waals surface area contributed by atoms with Gasteiger partial charge in [-0.25, -0.2) is 13.8 Å². The Morgan fingerprint density at radius 1 is 1.21 bits per heavy atom. The average molecular weight is 465 g/mol. The van der Waals surface area contributed by atoms with Gasteiger partial charge in [-0.05, 0) is 49.7 Å². The van der Waals surface area contributed by atoms with E-state index in [2.05, 4.69) is 26.6 Å². The minimum Gasteiger partial charge on any atom is -0.310 e. The Labute approximate surface area is 192 Å². The van der Waals surface area contributed by atoms with Crippen molar-refractivity contribution in [2.24, 2.45) is 0 Å². The summed E-state index contributed by atoms with van der Waals surface area (Å²) in [4.78, 5) is 16.9. The molecule has 1 amide bonds. The van der Waals surface area contributed by atoms with Gasteiger partial charge < -0.3 is 5.32 Å². The fraction of sp³-hybridized carbons (Fsp3) is 0.130. The van der Waals surface area contributed by atoms with Crippen molar-refractivity contribution in [3.05, 3.63) is 77.0 Å². The number of nitriles is 1. The molecule has 2 N–H and O–H groups in total. The van der Waals surface area contributed by atoms with Gasteiger partial charge in [0, 0.05) is 5.69 Å². The van der Waals surface area contributed by atoms with Gasteiger partial charge in [-0.1, -0.05) is 30.0 Å². The summed E-state index contributed by atoms with van der Waals surface area (Å²) < 4.78 is 29.4. The molecule has 0 fully saturated rings. The zero-order valence-electron chi connectivity index (χ0n) is 17.7. The Kier molecular flexibility index (Phi) is 6.24. The molecule has 0 radical (unpaired) electrons. The van der Waals surface area contributed by atoms with Crippen molar-refractivity contribution >= 4 is 23.5 Å². The Balaban J connectivity index is 1.53. The molecule has 10 heteroatoms. The molecule has 4 rings (SSSR count). The summed E-state index contributed by atoms with van der Waals surface area (Å²) in [6.45, 7) is 3.56. The first-order valence-corrected chi connectivity index (χ1v) is 10.9. The van der Waals surface area contributed by atoms with Gasteiger partial charge in [-0.2, -0.15) is 5.26 Å². The predicted octanol–water partition coefficient (Wildman–Crippen LogP) is 4.76. The van der Waals surface area contributed by atoms with Gasteiger partial charge in [0.25, 0.3) is 0 Å². The molecule has 166 valence electrons. The number of carbonyl (C=O) groups is 1. The van der Waals surface area contributed by atoms with E-state index in [4.69, 9.17) is 0 Å². The number of hydrogen-bond acceptors (Lipinski definition) is 5. The zero-order chi connectivity index (χ0) is 23.5. The third-order valence-corrected chi connectivity index (χ3v) is 5.92. The van der Waals surface area contributed by atoms with Crippen LogP contribution >= 0.6 is 11.8 Å². The molecule has 0 aliphatic heterocycles. The lowest BCUT2D eigenvalue weighted by atomic mass is 10.2. The number of benzene rings is 2. The van der Waals surface area contributed by atoms with E-state index in [0.29, 0.717) is 22.5 Å². The SMILES string of the molecule is Cc1c(C#N)c(NC(=O)CSc2n[nH]c(-c3ccccc3F)n2)n(-c2cccc(F)c2)c1C. The number of aromatic amines is 1. The molecule has 0 spiro atoms. The van der Waals surface area contributed by atoms with E-state index in [-0.39, 0.29) is 28.1 Å². The number of thioether (sulfide) groups is 1. The van der Waals surface area contributed by atoms with E-state index in [1.807, 2.05) is 0 Å². The first-order valence-electron chi connectivity index (χ1n) is 9.87. The van der Waals surface area contributed by atoms with Gasteiger partial charge in [-0.15, -0.1) is 5.10 Å². The normalized spacial score (nSPS) is 10.8. The highest BCUT2D eigenvalue weighted by Crippen LogP contribution is 2.30. The molecule has 0 aliphatic carbocycles. The molecule has 4 aromatic rings. The van der Waals surface area contributed by atoms with Crippen LogP contribution in [-0.2, 0) is 4.79 Å². The number of H-pyrrole nitrogens is 1. The second-order valence-corrected chi connectivity index (χ2v) is 8.09. The minimum absolute atomic E-state index is 0.0497. The molecule has 0 atom stereocenters. The highest BCUT2D eigenvalue weighted by atomic mass is 32.2. The maximum Gasteiger partial charge on any atom is 0.236 e. The van der Waals surface area contributed by atoms with Crippen LogP contribution in [0.25, 0.3) is 17.1 Å². The van der Waals surface area contributed by atoms with Crippen molar-refractivity contribution in [1.29, 1.82) is 5.26 Å². The van der Waals surface area contributed by atoms with Gasteiger partial charge in [0.1, 0.15) is 23.5 Å². The molecule has 7 nitrogen and oxygen atoms in total. The van der Waals surface area contributed by atoms with Crippen LogP contribution in [0.2, 0.25) is 0 Å². The summed E-state index contributed by atoms with van der Waals surface area (Å²) in [5.41, 5.74) is 2.47. The van der Waals surface area contributed by atoms with E-state index < -0.39 is 17.5 Å². The standard InChI is InChI=1S/C23H18F2N6OS/c1-13-14(2)31(16-7-5-6-15(24)10-16)22(18(13)11-26)27-20(32)12-33-23-28-21(29-30-23)17-8-3-4-9-19(17)25/h3-10H,12H2,1-2H3,(H,27,32)(H,28,29,30). The number of aromatic nitrogens is 4. The summed E-state index contributed by atoms with van der Waals surface area (Å²) in [5, 5.41) is 19.4. The Bertz CT molecular complexity index is 1390. The minimum atomic E-state index is -0.434. The molecule has 0 unspecified atom stereocenters. The molecule has 2 aromatic heterocycles. The molecule has 0 saturated heterocycles. The molecule has 0 saturated carbocycles. The van der Waals surface area contributed by atoms with Crippen LogP contribution in [0.5, 0.6) is 0 Å².